The number of carboxylic acid groups (broad SMARTS) is 1. The number of hydrogen-bond donors (Lipinski definition) is 1. The van der Waals surface area contributed by atoms with Gasteiger partial charge in [-0.15, -0.1) is 0 Å². The summed E-state index contributed by atoms with van der Waals surface area (Å²) >= 11 is 0. The van der Waals surface area contributed by atoms with Crippen LogP contribution in [0, 0.1) is 17.7 Å². The van der Waals surface area contributed by atoms with Crippen LogP contribution in [0.15, 0.2) is 35.3 Å². The molecule has 0 radical (unpaired) electrons. The maximum atomic E-state index is 15.0. The summed E-state index contributed by atoms with van der Waals surface area (Å²) in [5.41, 5.74) is 0.254. The summed E-state index contributed by atoms with van der Waals surface area (Å²) in [5.74, 6) is -0.622. The van der Waals surface area contributed by atoms with Crippen LogP contribution in [0.4, 0.5) is 10.1 Å². The molecule has 5 nitrogen and oxygen atoms in total. The number of aromatic carboxylic acids is 1. The van der Waals surface area contributed by atoms with Crippen molar-refractivity contribution in [2.24, 2.45) is 11.8 Å². The summed E-state index contributed by atoms with van der Waals surface area (Å²) in [7, 11) is 0. The van der Waals surface area contributed by atoms with E-state index in [0.717, 1.165) is 38.8 Å². The fourth-order valence-corrected chi connectivity index (χ4v) is 4.62. The molecule has 0 spiro atoms. The van der Waals surface area contributed by atoms with Gasteiger partial charge in [-0.25, -0.2) is 9.18 Å². The van der Waals surface area contributed by atoms with Crippen molar-refractivity contribution in [3.05, 3.63) is 52.1 Å². The fraction of sp³-hybridized carbons (Fsp3) is 0.429. The Bertz CT molecular complexity index is 1020. The minimum atomic E-state index is -1.27. The van der Waals surface area contributed by atoms with E-state index in [1.807, 2.05) is 4.57 Å². The largest absolute Gasteiger partial charge is 0.477 e. The van der Waals surface area contributed by atoms with E-state index in [9.17, 15) is 19.1 Å². The zero-order valence-electron chi connectivity index (χ0n) is 14.9. The Balaban J connectivity index is 1.64. The molecular weight excluding hydrogens is 347 g/mol. The third-order valence-corrected chi connectivity index (χ3v) is 6.23. The lowest BCUT2D eigenvalue weighted by atomic mass is 9.86. The quantitative estimate of drug-likeness (QED) is 0.842. The topological polar surface area (TPSA) is 62.5 Å². The molecule has 2 fully saturated rings. The van der Waals surface area contributed by atoms with Crippen molar-refractivity contribution in [1.29, 1.82) is 0 Å². The minimum Gasteiger partial charge on any atom is -0.477 e. The van der Waals surface area contributed by atoms with Crippen LogP contribution in [0.1, 0.15) is 42.1 Å². The predicted octanol–water partition coefficient (Wildman–Crippen LogP) is 3.58. The number of benzene rings is 1. The molecule has 1 saturated heterocycles. The summed E-state index contributed by atoms with van der Waals surface area (Å²) in [6.07, 6.45) is 9.81. The van der Waals surface area contributed by atoms with Gasteiger partial charge in [0, 0.05) is 30.7 Å². The van der Waals surface area contributed by atoms with Crippen LogP contribution < -0.4 is 10.3 Å². The highest BCUT2D eigenvalue weighted by molar-refractivity contribution is 5.93. The molecule has 2 aromatic rings. The smallest absolute Gasteiger partial charge is 0.341 e. The van der Waals surface area contributed by atoms with E-state index in [1.54, 1.807) is 6.07 Å². The second kappa shape index (κ2) is 5.94. The van der Waals surface area contributed by atoms with Gasteiger partial charge in [0.1, 0.15) is 11.4 Å². The monoisotopic (exact) mass is 368 g/mol. The molecule has 1 aromatic heterocycles. The number of anilines is 1. The Kier molecular flexibility index (Phi) is 3.64. The summed E-state index contributed by atoms with van der Waals surface area (Å²) in [6, 6.07) is 3.18. The normalized spacial score (nSPS) is 24.4. The fourth-order valence-electron chi connectivity index (χ4n) is 4.62. The standard InChI is InChI=1S/C21H21FN2O3/c22-17-7-15-18(24(14-5-6-14)11-16(20(15)25)21(26)27)8-19(17)23-9-12-3-1-2-4-13(12)10-23/h1-2,7-8,11-14H,3-6,9-10H2,(H,26,27). The lowest BCUT2D eigenvalue weighted by Crippen LogP contribution is -2.23. The molecule has 2 heterocycles. The molecule has 27 heavy (non-hydrogen) atoms. The predicted molar refractivity (Wildman–Crippen MR) is 101 cm³/mol. The number of halogens is 1. The van der Waals surface area contributed by atoms with E-state index >= 15 is 0 Å². The molecule has 6 heteroatoms. The summed E-state index contributed by atoms with van der Waals surface area (Å²) in [4.78, 5) is 26.1. The van der Waals surface area contributed by atoms with Gasteiger partial charge in [0.25, 0.3) is 0 Å². The average molecular weight is 368 g/mol. The van der Waals surface area contributed by atoms with Crippen LogP contribution >= 0.6 is 0 Å². The van der Waals surface area contributed by atoms with Crippen LogP contribution in [0.25, 0.3) is 10.9 Å². The molecule has 1 aromatic carbocycles. The van der Waals surface area contributed by atoms with Crippen LogP contribution in [0.5, 0.6) is 0 Å². The number of aromatic nitrogens is 1. The number of rotatable bonds is 3. The lowest BCUT2D eigenvalue weighted by Gasteiger charge is -2.21. The van der Waals surface area contributed by atoms with E-state index in [1.165, 1.54) is 12.3 Å². The highest BCUT2D eigenvalue weighted by Crippen LogP contribution is 2.40. The van der Waals surface area contributed by atoms with Gasteiger partial charge in [-0.05, 0) is 49.7 Å². The highest BCUT2D eigenvalue weighted by atomic mass is 19.1. The summed E-state index contributed by atoms with van der Waals surface area (Å²) in [6.45, 7) is 1.64. The summed E-state index contributed by atoms with van der Waals surface area (Å²) < 4.78 is 16.8. The minimum absolute atomic E-state index is 0.154. The Hall–Kier alpha value is -2.63. The average Bonchev–Trinajstić information content (AvgIpc) is 3.39. The van der Waals surface area contributed by atoms with Crippen molar-refractivity contribution >= 4 is 22.6 Å². The number of carboxylic acids is 1. The third-order valence-electron chi connectivity index (χ3n) is 6.23. The maximum absolute atomic E-state index is 15.0. The number of fused-ring (bicyclic) bond motifs is 2. The van der Waals surface area contributed by atoms with Gasteiger partial charge in [0.05, 0.1) is 11.2 Å². The van der Waals surface area contributed by atoms with Crippen molar-refractivity contribution < 1.29 is 14.3 Å². The zero-order valence-corrected chi connectivity index (χ0v) is 14.9. The molecule has 5 rings (SSSR count). The second-order valence-electron chi connectivity index (χ2n) is 8.00. The number of carbonyl (C=O) groups is 1. The van der Waals surface area contributed by atoms with Gasteiger partial charge >= 0.3 is 5.97 Å². The molecule has 0 bridgehead atoms. The van der Waals surface area contributed by atoms with Gasteiger partial charge in [-0.1, -0.05) is 12.2 Å². The lowest BCUT2D eigenvalue weighted by molar-refractivity contribution is 0.0695. The van der Waals surface area contributed by atoms with Crippen LogP contribution in [-0.4, -0.2) is 28.7 Å². The number of hydrogen-bond acceptors (Lipinski definition) is 3. The van der Waals surface area contributed by atoms with Crippen molar-refractivity contribution in [3.8, 4) is 0 Å². The Morgan fingerprint density at radius 1 is 1.11 bits per heavy atom. The molecule has 140 valence electrons. The Morgan fingerprint density at radius 2 is 1.78 bits per heavy atom. The number of nitrogens with zero attached hydrogens (tertiary/aromatic N) is 2. The van der Waals surface area contributed by atoms with E-state index < -0.39 is 17.2 Å². The van der Waals surface area contributed by atoms with Crippen LogP contribution in [-0.2, 0) is 0 Å². The summed E-state index contributed by atoms with van der Waals surface area (Å²) in [5, 5.41) is 9.50. The first kappa shape index (κ1) is 16.5. The number of pyridine rings is 1. The molecular formula is C21H21FN2O3. The van der Waals surface area contributed by atoms with Gasteiger partial charge in [-0.2, -0.15) is 0 Å². The Labute approximate surface area is 155 Å². The van der Waals surface area contributed by atoms with Gasteiger partial charge in [0.2, 0.25) is 5.43 Å². The van der Waals surface area contributed by atoms with Gasteiger partial charge < -0.3 is 14.6 Å². The third kappa shape index (κ3) is 2.66. The highest BCUT2D eigenvalue weighted by Gasteiger charge is 2.34. The SMILES string of the molecule is O=C(O)c1cn(C2CC2)c2cc(N3CC4CC=CCC4C3)c(F)cc2c1=O. The van der Waals surface area contributed by atoms with E-state index in [2.05, 4.69) is 17.1 Å². The first-order valence-electron chi connectivity index (χ1n) is 9.54. The first-order valence-corrected chi connectivity index (χ1v) is 9.54. The Morgan fingerprint density at radius 3 is 2.37 bits per heavy atom. The van der Waals surface area contributed by atoms with Crippen molar-refractivity contribution in [3.63, 3.8) is 0 Å². The molecule has 1 saturated carbocycles. The van der Waals surface area contributed by atoms with Crippen LogP contribution in [0.2, 0.25) is 0 Å². The van der Waals surface area contributed by atoms with Crippen LogP contribution in [0.3, 0.4) is 0 Å². The maximum Gasteiger partial charge on any atom is 0.341 e. The van der Waals surface area contributed by atoms with Crippen molar-refractivity contribution in [2.75, 3.05) is 18.0 Å². The molecule has 2 atom stereocenters. The molecule has 3 aliphatic rings. The molecule has 1 aliphatic heterocycles. The zero-order chi connectivity index (χ0) is 18.7. The van der Waals surface area contributed by atoms with E-state index in [0.29, 0.717) is 23.0 Å². The molecule has 1 N–H and O–H groups in total. The molecule has 2 unspecified atom stereocenters. The first-order chi connectivity index (χ1) is 13.0. The van der Waals surface area contributed by atoms with Gasteiger partial charge in [0.15, 0.2) is 0 Å². The van der Waals surface area contributed by atoms with Gasteiger partial charge in [-0.3, -0.25) is 4.79 Å². The number of allylic oxidation sites excluding steroid dienone is 2. The second-order valence-corrected chi connectivity index (χ2v) is 8.00. The van der Waals surface area contributed by atoms with E-state index in [-0.39, 0.29) is 17.0 Å². The van der Waals surface area contributed by atoms with E-state index in [4.69, 9.17) is 0 Å². The van der Waals surface area contributed by atoms with Crippen molar-refractivity contribution in [1.82, 2.24) is 4.57 Å². The van der Waals surface area contributed by atoms with Crippen molar-refractivity contribution in [2.45, 2.75) is 31.7 Å². The molecule has 2 aliphatic carbocycles. The molecule has 0 amide bonds.